The second-order valence-corrected chi connectivity index (χ2v) is 4.81. The van der Waals surface area contributed by atoms with E-state index in [1.165, 1.54) is 11.1 Å². The molecule has 1 aromatic heterocycles. The zero-order chi connectivity index (χ0) is 13.3. The van der Waals surface area contributed by atoms with Crippen LogP contribution in [0, 0.1) is 20.8 Å². The van der Waals surface area contributed by atoms with E-state index in [0.717, 1.165) is 17.1 Å². The van der Waals surface area contributed by atoms with Crippen LogP contribution >= 0.6 is 0 Å². The van der Waals surface area contributed by atoms with E-state index in [0.29, 0.717) is 5.69 Å². The molecule has 0 atom stereocenters. The zero-order valence-electron chi connectivity index (χ0n) is 11.4. The second-order valence-electron chi connectivity index (χ2n) is 4.81. The molecule has 3 heteroatoms. The number of aromatic nitrogens is 1. The van der Waals surface area contributed by atoms with E-state index in [-0.39, 0.29) is 0 Å². The molecule has 2 N–H and O–H groups in total. The molecule has 3 nitrogen and oxygen atoms in total. The number of benzene rings is 1. The van der Waals surface area contributed by atoms with E-state index < -0.39 is 0 Å². The van der Waals surface area contributed by atoms with Crippen LogP contribution in [-0.4, -0.2) is 12.0 Å². The predicted molar refractivity (Wildman–Crippen MR) is 77.4 cm³/mol. The lowest BCUT2D eigenvalue weighted by Gasteiger charge is -2.21. The molecule has 0 unspecified atom stereocenters. The van der Waals surface area contributed by atoms with Gasteiger partial charge in [0.1, 0.15) is 5.82 Å². The first kappa shape index (κ1) is 12.4. The van der Waals surface area contributed by atoms with Gasteiger partial charge in [-0.2, -0.15) is 0 Å². The van der Waals surface area contributed by atoms with Gasteiger partial charge in [0, 0.05) is 12.7 Å². The number of nitrogen functional groups attached to an aromatic ring is 1. The van der Waals surface area contributed by atoms with Crippen molar-refractivity contribution in [2.24, 2.45) is 0 Å². The summed E-state index contributed by atoms with van der Waals surface area (Å²) < 4.78 is 0. The summed E-state index contributed by atoms with van der Waals surface area (Å²) in [5.74, 6) is 0.939. The van der Waals surface area contributed by atoms with E-state index in [4.69, 9.17) is 5.73 Å². The largest absolute Gasteiger partial charge is 0.397 e. The fourth-order valence-electron chi connectivity index (χ4n) is 2.21. The maximum atomic E-state index is 5.73. The number of rotatable bonds is 2. The summed E-state index contributed by atoms with van der Waals surface area (Å²) in [6.45, 7) is 6.24. The number of hydrogen-bond donors (Lipinski definition) is 1. The number of anilines is 3. The molecule has 0 amide bonds. The van der Waals surface area contributed by atoms with Crippen molar-refractivity contribution in [1.82, 2.24) is 4.98 Å². The Kier molecular flexibility index (Phi) is 3.24. The number of nitrogens with zero attached hydrogens (tertiary/aromatic N) is 2. The Hall–Kier alpha value is -2.03. The number of aryl methyl sites for hydroxylation is 3. The highest BCUT2D eigenvalue weighted by molar-refractivity contribution is 5.64. The quantitative estimate of drug-likeness (QED) is 0.876. The molecule has 0 aliphatic heterocycles. The SMILES string of the molecule is Cc1cc(C)cc(N(C)c2ncc(N)cc2C)c1. The summed E-state index contributed by atoms with van der Waals surface area (Å²) in [4.78, 5) is 6.51. The molecule has 0 saturated carbocycles. The van der Waals surface area contributed by atoms with Crippen LogP contribution in [-0.2, 0) is 0 Å². The zero-order valence-corrected chi connectivity index (χ0v) is 11.4. The third kappa shape index (κ3) is 2.45. The number of hydrogen-bond acceptors (Lipinski definition) is 3. The number of pyridine rings is 1. The van der Waals surface area contributed by atoms with Crippen molar-refractivity contribution in [2.75, 3.05) is 17.7 Å². The van der Waals surface area contributed by atoms with Gasteiger partial charge in [0.15, 0.2) is 0 Å². The molecular weight excluding hydrogens is 222 g/mol. The van der Waals surface area contributed by atoms with Gasteiger partial charge in [-0.25, -0.2) is 4.98 Å². The highest BCUT2D eigenvalue weighted by Gasteiger charge is 2.09. The molecule has 0 aliphatic rings. The molecule has 2 rings (SSSR count). The van der Waals surface area contributed by atoms with Crippen molar-refractivity contribution in [3.63, 3.8) is 0 Å². The van der Waals surface area contributed by atoms with Crippen LogP contribution in [0.2, 0.25) is 0 Å². The molecule has 2 aromatic rings. The summed E-state index contributed by atoms with van der Waals surface area (Å²) in [6.07, 6.45) is 1.70. The Morgan fingerprint density at radius 2 is 1.61 bits per heavy atom. The molecule has 0 fully saturated rings. The second kappa shape index (κ2) is 4.69. The first-order chi connectivity index (χ1) is 8.47. The average Bonchev–Trinajstić information content (AvgIpc) is 2.26. The summed E-state index contributed by atoms with van der Waals surface area (Å²) in [7, 11) is 2.03. The van der Waals surface area contributed by atoms with E-state index >= 15 is 0 Å². The van der Waals surface area contributed by atoms with Crippen LogP contribution in [0.3, 0.4) is 0 Å². The molecule has 1 aromatic carbocycles. The third-order valence-electron chi connectivity index (χ3n) is 2.98. The molecule has 0 bridgehead atoms. The van der Waals surface area contributed by atoms with E-state index in [9.17, 15) is 0 Å². The van der Waals surface area contributed by atoms with Crippen LogP contribution in [0.25, 0.3) is 0 Å². The van der Waals surface area contributed by atoms with Gasteiger partial charge in [-0.05, 0) is 55.7 Å². The van der Waals surface area contributed by atoms with Crippen molar-refractivity contribution in [1.29, 1.82) is 0 Å². The standard InChI is InChI=1S/C15H19N3/c1-10-5-11(2)7-14(6-10)18(4)15-12(3)8-13(16)9-17-15/h5-9H,16H2,1-4H3. The van der Waals surface area contributed by atoms with Gasteiger partial charge in [-0.1, -0.05) is 6.07 Å². The summed E-state index contributed by atoms with van der Waals surface area (Å²) in [5, 5.41) is 0. The Morgan fingerprint density at radius 1 is 1.00 bits per heavy atom. The fourth-order valence-corrected chi connectivity index (χ4v) is 2.21. The molecule has 0 saturated heterocycles. The molecule has 0 aliphatic carbocycles. The monoisotopic (exact) mass is 241 g/mol. The van der Waals surface area contributed by atoms with Gasteiger partial charge in [-0.15, -0.1) is 0 Å². The van der Waals surface area contributed by atoms with Crippen LogP contribution in [0.15, 0.2) is 30.5 Å². The lowest BCUT2D eigenvalue weighted by Crippen LogP contribution is -2.13. The summed E-state index contributed by atoms with van der Waals surface area (Å²) >= 11 is 0. The number of nitrogens with two attached hydrogens (primary N) is 1. The van der Waals surface area contributed by atoms with Gasteiger partial charge in [0.05, 0.1) is 11.9 Å². The predicted octanol–water partition coefficient (Wildman–Crippen LogP) is 3.36. The van der Waals surface area contributed by atoms with Crippen molar-refractivity contribution < 1.29 is 0 Å². The van der Waals surface area contributed by atoms with Crippen LogP contribution < -0.4 is 10.6 Å². The van der Waals surface area contributed by atoms with Gasteiger partial charge in [0.25, 0.3) is 0 Å². The van der Waals surface area contributed by atoms with Crippen molar-refractivity contribution in [3.05, 3.63) is 47.2 Å². The first-order valence-electron chi connectivity index (χ1n) is 6.01. The molecule has 18 heavy (non-hydrogen) atoms. The summed E-state index contributed by atoms with van der Waals surface area (Å²) in [6, 6.07) is 8.43. The van der Waals surface area contributed by atoms with Crippen LogP contribution in [0.5, 0.6) is 0 Å². The minimum absolute atomic E-state index is 0.699. The first-order valence-corrected chi connectivity index (χ1v) is 6.01. The van der Waals surface area contributed by atoms with Crippen molar-refractivity contribution >= 4 is 17.2 Å². The van der Waals surface area contributed by atoms with Gasteiger partial charge in [0.2, 0.25) is 0 Å². The molecule has 94 valence electrons. The topological polar surface area (TPSA) is 42.2 Å². The lowest BCUT2D eigenvalue weighted by atomic mass is 10.1. The Labute approximate surface area is 108 Å². The molecule has 0 radical (unpaired) electrons. The maximum absolute atomic E-state index is 5.73. The normalized spacial score (nSPS) is 10.4. The fraction of sp³-hybridized carbons (Fsp3) is 0.267. The molecule has 0 spiro atoms. The molecule has 1 heterocycles. The van der Waals surface area contributed by atoms with E-state index in [2.05, 4.69) is 41.9 Å². The van der Waals surface area contributed by atoms with Gasteiger partial charge < -0.3 is 10.6 Å². The van der Waals surface area contributed by atoms with Crippen molar-refractivity contribution in [2.45, 2.75) is 20.8 Å². The van der Waals surface area contributed by atoms with Gasteiger partial charge in [-0.3, -0.25) is 0 Å². The summed E-state index contributed by atoms with van der Waals surface area (Å²) in [5.41, 5.74) is 11.2. The van der Waals surface area contributed by atoms with Crippen LogP contribution in [0.1, 0.15) is 16.7 Å². The lowest BCUT2D eigenvalue weighted by molar-refractivity contribution is 1.10. The minimum atomic E-state index is 0.699. The van der Waals surface area contributed by atoms with Crippen LogP contribution in [0.4, 0.5) is 17.2 Å². The maximum Gasteiger partial charge on any atom is 0.135 e. The van der Waals surface area contributed by atoms with Gasteiger partial charge >= 0.3 is 0 Å². The smallest absolute Gasteiger partial charge is 0.135 e. The Morgan fingerprint density at radius 3 is 2.17 bits per heavy atom. The average molecular weight is 241 g/mol. The molecular formula is C15H19N3. The van der Waals surface area contributed by atoms with Crippen molar-refractivity contribution in [3.8, 4) is 0 Å². The highest BCUT2D eigenvalue weighted by Crippen LogP contribution is 2.27. The van der Waals surface area contributed by atoms with E-state index in [1.807, 2.05) is 20.0 Å². The minimum Gasteiger partial charge on any atom is -0.397 e. The Balaban J connectivity index is 2.44. The highest BCUT2D eigenvalue weighted by atomic mass is 15.2. The Bertz CT molecular complexity index is 556. The van der Waals surface area contributed by atoms with E-state index in [1.54, 1.807) is 6.20 Å². The third-order valence-corrected chi connectivity index (χ3v) is 2.98.